The molecule has 4 fully saturated rings. The second-order valence-corrected chi connectivity index (χ2v) is 15.1. The van der Waals surface area contributed by atoms with Crippen molar-refractivity contribution in [2.75, 3.05) is 6.61 Å². The Kier molecular flexibility index (Phi) is 8.20. The first-order valence-electron chi connectivity index (χ1n) is 13.8. The quantitative estimate of drug-likeness (QED) is 0.221. The average Bonchev–Trinajstić information content (AvgIpc) is 3.34. The number of benzene rings is 1. The highest BCUT2D eigenvalue weighted by atomic mass is 32.2. The number of esters is 3. The van der Waals surface area contributed by atoms with Crippen molar-refractivity contribution in [2.45, 2.75) is 91.7 Å². The van der Waals surface area contributed by atoms with Crippen molar-refractivity contribution in [1.29, 1.82) is 0 Å². The summed E-state index contributed by atoms with van der Waals surface area (Å²) in [4.78, 5) is 79.1. The highest BCUT2D eigenvalue weighted by Gasteiger charge is 2.65. The first-order valence-corrected chi connectivity index (χ1v) is 15.5. The molecule has 2 unspecified atom stereocenters. The van der Waals surface area contributed by atoms with Crippen LogP contribution in [0.25, 0.3) is 0 Å². The highest BCUT2D eigenvalue weighted by molar-refractivity contribution is 8.02. The molecule has 0 radical (unpaired) electrons. The molecule has 5 rings (SSSR count). The lowest BCUT2D eigenvalue weighted by molar-refractivity contribution is -0.196. The van der Waals surface area contributed by atoms with Crippen LogP contribution in [0.1, 0.15) is 52.6 Å². The lowest BCUT2D eigenvalue weighted by atomic mass is 9.95. The molecule has 0 aromatic heterocycles. The van der Waals surface area contributed by atoms with Crippen LogP contribution in [0.3, 0.4) is 0 Å². The maximum Gasteiger partial charge on any atom is 0.333 e. The van der Waals surface area contributed by atoms with Gasteiger partial charge in [0.15, 0.2) is 0 Å². The molecule has 4 heterocycles. The van der Waals surface area contributed by atoms with Crippen LogP contribution < -0.4 is 11.1 Å². The van der Waals surface area contributed by atoms with Gasteiger partial charge in [-0.15, -0.1) is 23.5 Å². The summed E-state index contributed by atoms with van der Waals surface area (Å²) in [5.41, 5.74) is 6.69. The first kappa shape index (κ1) is 31.1. The van der Waals surface area contributed by atoms with E-state index in [1.54, 1.807) is 51.1 Å². The minimum absolute atomic E-state index is 0.110. The van der Waals surface area contributed by atoms with Gasteiger partial charge in [0.1, 0.15) is 36.1 Å². The summed E-state index contributed by atoms with van der Waals surface area (Å²) < 4.78 is 14.4. The molecular weight excluding hydrogens is 600 g/mol. The van der Waals surface area contributed by atoms with Gasteiger partial charge in [-0.3, -0.25) is 19.2 Å². The SMILES string of the molecule is CC(=O)OC[C@]1(C)S[C@H]2CC(=O)N2[C@H]1C(=O)OC(C)OC(=O)[C@@H]1N2C(=O)[C@@H](NC(=O)C(N)c3ccccc3)[C@H]2SC1(C)C. The fourth-order valence-electron chi connectivity index (χ4n) is 5.86. The number of hydrogen-bond donors (Lipinski definition) is 2. The Morgan fingerprint density at radius 1 is 1.02 bits per heavy atom. The molecule has 3 N–H and O–H groups in total. The molecule has 8 atom stereocenters. The van der Waals surface area contributed by atoms with Crippen molar-refractivity contribution in [2.24, 2.45) is 5.73 Å². The number of β-lactam (4-membered cyclic amide) rings is 2. The van der Waals surface area contributed by atoms with Crippen LogP contribution in [0.15, 0.2) is 30.3 Å². The predicted octanol–water partition coefficient (Wildman–Crippen LogP) is 0.662. The van der Waals surface area contributed by atoms with E-state index >= 15 is 0 Å². The van der Waals surface area contributed by atoms with Crippen molar-refractivity contribution < 1.29 is 43.0 Å². The summed E-state index contributed by atoms with van der Waals surface area (Å²) in [7, 11) is 0. The van der Waals surface area contributed by atoms with E-state index in [0.717, 1.165) is 0 Å². The lowest BCUT2D eigenvalue weighted by Gasteiger charge is -2.44. The van der Waals surface area contributed by atoms with Gasteiger partial charge >= 0.3 is 17.9 Å². The van der Waals surface area contributed by atoms with Crippen molar-refractivity contribution in [3.05, 3.63) is 35.9 Å². The van der Waals surface area contributed by atoms with Gasteiger partial charge in [0.2, 0.25) is 24.0 Å². The number of fused-ring (bicyclic) bond motifs is 2. The standard InChI is InChI=1S/C28H34N4O9S2/c1-13(33)39-12-28(5)21(31-16(34)11-17(31)42-28)26(38)41-14(2)40-25(37)20-27(3,4)43-24-19(23(36)32(20)24)30-22(35)18(29)15-9-7-6-8-10-15/h6-10,14,17-21,24H,11-12,29H2,1-5H3,(H,30,35)/t14?,17-,18?,19+,20-,21-,24+,28-/m0/s1. The zero-order valence-electron chi connectivity index (χ0n) is 24.3. The molecule has 4 saturated heterocycles. The maximum atomic E-state index is 13.4. The lowest BCUT2D eigenvalue weighted by Crippen LogP contribution is -2.71. The van der Waals surface area contributed by atoms with Gasteiger partial charge in [-0.2, -0.15) is 0 Å². The van der Waals surface area contributed by atoms with Gasteiger partial charge in [0.05, 0.1) is 16.5 Å². The first-order chi connectivity index (χ1) is 20.1. The number of nitrogens with zero attached hydrogens (tertiary/aromatic N) is 2. The molecule has 4 aliphatic rings. The molecular formula is C28H34N4O9S2. The van der Waals surface area contributed by atoms with Crippen molar-refractivity contribution in [3.8, 4) is 0 Å². The molecule has 232 valence electrons. The van der Waals surface area contributed by atoms with E-state index in [0.29, 0.717) is 5.56 Å². The van der Waals surface area contributed by atoms with Crippen LogP contribution in [0.4, 0.5) is 0 Å². The predicted molar refractivity (Wildman–Crippen MR) is 155 cm³/mol. The molecule has 0 aliphatic carbocycles. The van der Waals surface area contributed by atoms with Gasteiger partial charge < -0.3 is 35.1 Å². The van der Waals surface area contributed by atoms with Crippen molar-refractivity contribution >= 4 is 59.2 Å². The molecule has 15 heteroatoms. The van der Waals surface area contributed by atoms with E-state index in [1.165, 1.54) is 47.2 Å². The smallest absolute Gasteiger partial charge is 0.333 e. The van der Waals surface area contributed by atoms with Gasteiger partial charge in [-0.25, -0.2) is 9.59 Å². The third-order valence-electron chi connectivity index (χ3n) is 7.96. The number of carbonyl (C=O) groups is 6. The summed E-state index contributed by atoms with van der Waals surface area (Å²) in [5, 5.41) is 1.95. The Morgan fingerprint density at radius 3 is 2.26 bits per heavy atom. The molecule has 13 nitrogen and oxygen atoms in total. The van der Waals surface area contributed by atoms with Crippen LogP contribution in [0, 0.1) is 0 Å². The largest absolute Gasteiger partial charge is 0.464 e. The second-order valence-electron chi connectivity index (χ2n) is 11.6. The molecule has 0 saturated carbocycles. The Hall–Kier alpha value is -3.30. The van der Waals surface area contributed by atoms with E-state index in [-0.39, 0.29) is 24.3 Å². The number of amides is 3. The topological polar surface area (TPSA) is 175 Å². The summed E-state index contributed by atoms with van der Waals surface area (Å²) in [6.07, 6.45) is -1.08. The van der Waals surface area contributed by atoms with E-state index < -0.39 is 75.0 Å². The molecule has 0 bridgehead atoms. The number of nitrogens with one attached hydrogen (secondary N) is 1. The van der Waals surface area contributed by atoms with E-state index in [4.69, 9.17) is 19.9 Å². The summed E-state index contributed by atoms with van der Waals surface area (Å²) in [6.45, 7) is 7.80. The molecule has 0 spiro atoms. The average molecular weight is 635 g/mol. The van der Waals surface area contributed by atoms with Crippen LogP contribution in [-0.2, 0) is 43.0 Å². The van der Waals surface area contributed by atoms with Gasteiger partial charge in [0.25, 0.3) is 0 Å². The maximum absolute atomic E-state index is 13.4. The van der Waals surface area contributed by atoms with E-state index in [9.17, 15) is 28.8 Å². The third kappa shape index (κ3) is 5.57. The number of hydrogen-bond acceptors (Lipinski definition) is 12. The summed E-state index contributed by atoms with van der Waals surface area (Å²) in [5.74, 6) is -3.28. The zero-order chi connectivity index (χ0) is 31.4. The molecule has 1 aromatic carbocycles. The second kappa shape index (κ2) is 11.3. The fourth-order valence-corrected chi connectivity index (χ4v) is 9.15. The summed E-state index contributed by atoms with van der Waals surface area (Å²) >= 11 is 2.70. The highest BCUT2D eigenvalue weighted by Crippen LogP contribution is 2.52. The summed E-state index contributed by atoms with van der Waals surface area (Å²) in [6, 6.07) is 4.89. The molecule has 43 heavy (non-hydrogen) atoms. The Bertz CT molecular complexity index is 1360. The molecule has 4 aliphatic heterocycles. The number of nitrogens with two attached hydrogens (primary N) is 1. The van der Waals surface area contributed by atoms with E-state index in [1.807, 2.05) is 0 Å². The van der Waals surface area contributed by atoms with Crippen LogP contribution in [0.2, 0.25) is 0 Å². The number of carbonyl (C=O) groups excluding carboxylic acids is 6. The van der Waals surface area contributed by atoms with Gasteiger partial charge in [-0.05, 0) is 26.3 Å². The van der Waals surface area contributed by atoms with Gasteiger partial charge in [0, 0.05) is 18.6 Å². The normalized spacial score (nSPS) is 31.5. The molecule has 1 aromatic rings. The van der Waals surface area contributed by atoms with Crippen molar-refractivity contribution in [1.82, 2.24) is 15.1 Å². The van der Waals surface area contributed by atoms with Gasteiger partial charge in [-0.1, -0.05) is 30.3 Å². The number of thioether (sulfide) groups is 2. The zero-order valence-corrected chi connectivity index (χ0v) is 25.9. The monoisotopic (exact) mass is 634 g/mol. The Balaban J connectivity index is 1.21. The Morgan fingerprint density at radius 2 is 1.65 bits per heavy atom. The Labute approximate surface area is 256 Å². The molecule has 3 amide bonds. The number of ether oxygens (including phenoxy) is 3. The van der Waals surface area contributed by atoms with Crippen molar-refractivity contribution in [3.63, 3.8) is 0 Å². The third-order valence-corrected chi connectivity index (χ3v) is 11.1. The minimum atomic E-state index is -1.34. The minimum Gasteiger partial charge on any atom is -0.464 e. The number of rotatable bonds is 9. The van der Waals surface area contributed by atoms with Crippen LogP contribution >= 0.6 is 23.5 Å². The van der Waals surface area contributed by atoms with Crippen LogP contribution in [-0.4, -0.2) is 96.7 Å². The fraction of sp³-hybridized carbons (Fsp3) is 0.571. The van der Waals surface area contributed by atoms with E-state index in [2.05, 4.69) is 5.32 Å². The van der Waals surface area contributed by atoms with Crippen LogP contribution in [0.5, 0.6) is 0 Å².